The zero-order chi connectivity index (χ0) is 19.1. The average molecular weight is 377 g/mol. The molecule has 146 valence electrons. The van der Waals surface area contributed by atoms with Crippen molar-refractivity contribution in [3.63, 3.8) is 0 Å². The van der Waals surface area contributed by atoms with E-state index in [0.29, 0.717) is 12.2 Å². The topological polar surface area (TPSA) is 66.0 Å². The second-order valence-electron chi connectivity index (χ2n) is 8.10. The zero-order valence-electron chi connectivity index (χ0n) is 16.4. The van der Waals surface area contributed by atoms with Crippen LogP contribution in [0.2, 0.25) is 0 Å². The van der Waals surface area contributed by atoms with Crippen LogP contribution in [0.3, 0.4) is 0 Å². The molecule has 0 saturated heterocycles. The fraction of sp³-hybridized carbons (Fsp3) is 0.455. The molecule has 1 amide bonds. The molecule has 1 saturated carbocycles. The van der Waals surface area contributed by atoms with E-state index in [1.54, 1.807) is 0 Å². The Kier molecular flexibility index (Phi) is 4.43. The fourth-order valence-corrected chi connectivity index (χ4v) is 4.26. The summed E-state index contributed by atoms with van der Waals surface area (Å²) in [6, 6.07) is 10.6. The third kappa shape index (κ3) is 3.33. The largest absolute Gasteiger partial charge is 0.357 e. The van der Waals surface area contributed by atoms with Gasteiger partial charge in [-0.1, -0.05) is 18.2 Å². The van der Waals surface area contributed by atoms with Gasteiger partial charge >= 0.3 is 0 Å². The van der Waals surface area contributed by atoms with Gasteiger partial charge < -0.3 is 10.3 Å². The van der Waals surface area contributed by atoms with Crippen LogP contribution in [0.25, 0.3) is 10.9 Å². The Morgan fingerprint density at radius 2 is 2.18 bits per heavy atom. The molecule has 6 heteroatoms. The predicted octanol–water partition coefficient (Wildman–Crippen LogP) is 3.08. The van der Waals surface area contributed by atoms with E-state index in [9.17, 15) is 4.79 Å². The first-order valence-electron chi connectivity index (χ1n) is 10.4. The molecule has 6 nitrogen and oxygen atoms in total. The normalized spacial score (nSPS) is 17.0. The Balaban J connectivity index is 1.39. The second kappa shape index (κ2) is 7.09. The van der Waals surface area contributed by atoms with Crippen LogP contribution in [-0.2, 0) is 26.1 Å². The molecule has 2 N–H and O–H groups in total. The van der Waals surface area contributed by atoms with Crippen LogP contribution >= 0.6 is 0 Å². The summed E-state index contributed by atoms with van der Waals surface area (Å²) in [6.45, 7) is 6.17. The molecule has 0 radical (unpaired) electrons. The molecule has 1 aliphatic heterocycles. The van der Waals surface area contributed by atoms with Crippen LogP contribution in [0.15, 0.2) is 30.3 Å². The van der Waals surface area contributed by atoms with Gasteiger partial charge in [0.25, 0.3) is 5.91 Å². The molecule has 1 aromatic carbocycles. The SMILES string of the molecule is CCNC(=O)c1nn(CC2CC2)c2c1CN(Cc1cc3ccccc3[nH]1)CC2. The number of hydrogen-bond acceptors (Lipinski definition) is 3. The quantitative estimate of drug-likeness (QED) is 0.694. The van der Waals surface area contributed by atoms with Gasteiger partial charge in [-0.25, -0.2) is 0 Å². The van der Waals surface area contributed by atoms with E-state index in [4.69, 9.17) is 5.10 Å². The summed E-state index contributed by atoms with van der Waals surface area (Å²) in [5.74, 6) is 0.705. The maximum absolute atomic E-state index is 12.6. The van der Waals surface area contributed by atoms with Crippen LogP contribution in [0.4, 0.5) is 0 Å². The van der Waals surface area contributed by atoms with Crippen LogP contribution < -0.4 is 5.32 Å². The van der Waals surface area contributed by atoms with Crippen LogP contribution in [-0.4, -0.2) is 38.7 Å². The number of para-hydroxylation sites is 1. The first-order valence-corrected chi connectivity index (χ1v) is 10.4. The standard InChI is InChI=1S/C22H27N5O/c1-2-23-22(28)21-18-14-26(10-9-20(18)27(25-21)12-15-7-8-15)13-17-11-16-5-3-4-6-19(16)24-17/h3-6,11,15,24H,2,7-10,12-14H2,1H3,(H,23,28). The van der Waals surface area contributed by atoms with Crippen molar-refractivity contribution in [3.8, 4) is 0 Å². The zero-order valence-corrected chi connectivity index (χ0v) is 16.4. The van der Waals surface area contributed by atoms with E-state index in [2.05, 4.69) is 50.2 Å². The molecule has 0 atom stereocenters. The Morgan fingerprint density at radius 1 is 1.32 bits per heavy atom. The summed E-state index contributed by atoms with van der Waals surface area (Å²) < 4.78 is 2.12. The molecule has 1 fully saturated rings. The number of rotatable bonds is 6. The molecule has 28 heavy (non-hydrogen) atoms. The highest BCUT2D eigenvalue weighted by Crippen LogP contribution is 2.33. The number of amides is 1. The van der Waals surface area contributed by atoms with Gasteiger partial charge in [0.05, 0.1) is 0 Å². The molecule has 3 aromatic rings. The van der Waals surface area contributed by atoms with Crippen molar-refractivity contribution in [3.05, 3.63) is 53.0 Å². The van der Waals surface area contributed by atoms with Crippen LogP contribution in [0.1, 0.15) is 47.2 Å². The van der Waals surface area contributed by atoms with Crippen molar-refractivity contribution in [2.75, 3.05) is 13.1 Å². The Labute approximate surface area is 164 Å². The maximum atomic E-state index is 12.6. The number of nitrogens with zero attached hydrogens (tertiary/aromatic N) is 3. The van der Waals surface area contributed by atoms with Gasteiger partial charge in [0, 0.05) is 61.6 Å². The number of fused-ring (bicyclic) bond motifs is 2. The van der Waals surface area contributed by atoms with Crippen molar-refractivity contribution in [1.82, 2.24) is 25.0 Å². The molecule has 0 bridgehead atoms. The Hall–Kier alpha value is -2.60. The highest BCUT2D eigenvalue weighted by Gasteiger charge is 2.30. The molecule has 3 heterocycles. The van der Waals surface area contributed by atoms with Gasteiger partial charge in [-0.05, 0) is 43.2 Å². The number of nitrogens with one attached hydrogen (secondary N) is 2. The van der Waals surface area contributed by atoms with Crippen molar-refractivity contribution < 1.29 is 4.79 Å². The van der Waals surface area contributed by atoms with Crippen molar-refractivity contribution >= 4 is 16.8 Å². The average Bonchev–Trinajstić information content (AvgIpc) is 3.30. The number of carbonyl (C=O) groups excluding carboxylic acids is 1. The molecule has 1 aliphatic carbocycles. The van der Waals surface area contributed by atoms with E-state index < -0.39 is 0 Å². The van der Waals surface area contributed by atoms with Crippen molar-refractivity contribution in [2.45, 2.75) is 45.8 Å². The maximum Gasteiger partial charge on any atom is 0.272 e. The lowest BCUT2D eigenvalue weighted by molar-refractivity contribution is 0.0947. The predicted molar refractivity (Wildman–Crippen MR) is 109 cm³/mol. The van der Waals surface area contributed by atoms with Gasteiger partial charge in [0.1, 0.15) is 0 Å². The molecule has 5 rings (SSSR count). The summed E-state index contributed by atoms with van der Waals surface area (Å²) in [5, 5.41) is 8.92. The smallest absolute Gasteiger partial charge is 0.272 e. The van der Waals surface area contributed by atoms with Gasteiger partial charge in [-0.2, -0.15) is 5.10 Å². The summed E-state index contributed by atoms with van der Waals surface area (Å²) in [4.78, 5) is 18.5. The van der Waals surface area contributed by atoms with Crippen molar-refractivity contribution in [1.29, 1.82) is 0 Å². The number of benzene rings is 1. The molecular weight excluding hydrogens is 350 g/mol. The third-order valence-electron chi connectivity index (χ3n) is 5.87. The highest BCUT2D eigenvalue weighted by atomic mass is 16.1. The van der Waals surface area contributed by atoms with Gasteiger partial charge in [0.15, 0.2) is 5.69 Å². The van der Waals surface area contributed by atoms with E-state index in [1.165, 1.54) is 35.1 Å². The van der Waals surface area contributed by atoms with Gasteiger partial charge in [-0.3, -0.25) is 14.4 Å². The monoisotopic (exact) mass is 377 g/mol. The lowest BCUT2D eigenvalue weighted by Gasteiger charge is -2.27. The van der Waals surface area contributed by atoms with Crippen LogP contribution in [0, 0.1) is 5.92 Å². The Morgan fingerprint density at radius 3 is 2.96 bits per heavy atom. The molecule has 2 aliphatic rings. The fourth-order valence-electron chi connectivity index (χ4n) is 4.26. The summed E-state index contributed by atoms with van der Waals surface area (Å²) in [7, 11) is 0. The van der Waals surface area contributed by atoms with E-state index in [-0.39, 0.29) is 5.91 Å². The number of carbonyl (C=O) groups is 1. The van der Waals surface area contributed by atoms with Gasteiger partial charge in [0.2, 0.25) is 0 Å². The molecule has 0 unspecified atom stereocenters. The minimum absolute atomic E-state index is 0.0410. The van der Waals surface area contributed by atoms with E-state index >= 15 is 0 Å². The summed E-state index contributed by atoms with van der Waals surface area (Å²) >= 11 is 0. The van der Waals surface area contributed by atoms with E-state index in [1.807, 2.05) is 6.92 Å². The summed E-state index contributed by atoms with van der Waals surface area (Å²) in [5.41, 5.74) is 5.40. The van der Waals surface area contributed by atoms with Crippen molar-refractivity contribution in [2.24, 2.45) is 5.92 Å². The number of aromatic nitrogens is 3. The molecule has 2 aromatic heterocycles. The first kappa shape index (κ1) is 17.5. The van der Waals surface area contributed by atoms with E-state index in [0.717, 1.165) is 44.1 Å². The number of hydrogen-bond donors (Lipinski definition) is 2. The van der Waals surface area contributed by atoms with Gasteiger partial charge in [-0.15, -0.1) is 0 Å². The number of H-pyrrole nitrogens is 1. The lowest BCUT2D eigenvalue weighted by Crippen LogP contribution is -2.32. The third-order valence-corrected chi connectivity index (χ3v) is 5.87. The highest BCUT2D eigenvalue weighted by molar-refractivity contribution is 5.94. The lowest BCUT2D eigenvalue weighted by atomic mass is 10.0. The Bertz CT molecular complexity index is 980. The summed E-state index contributed by atoms with van der Waals surface area (Å²) in [6.07, 6.45) is 3.53. The first-order chi connectivity index (χ1) is 13.7. The minimum Gasteiger partial charge on any atom is -0.357 e. The molecule has 0 spiro atoms. The van der Waals surface area contributed by atoms with Crippen LogP contribution in [0.5, 0.6) is 0 Å². The molecular formula is C22H27N5O. The number of aromatic amines is 1. The second-order valence-corrected chi connectivity index (χ2v) is 8.10. The minimum atomic E-state index is -0.0410.